The Morgan fingerprint density at radius 2 is 2.06 bits per heavy atom. The van der Waals surface area contributed by atoms with E-state index >= 15 is 0 Å². The molecule has 3 rings (SSSR count). The smallest absolute Gasteiger partial charge is 0.114 e. The van der Waals surface area contributed by atoms with Gasteiger partial charge in [0.1, 0.15) is 5.01 Å². The van der Waals surface area contributed by atoms with Crippen molar-refractivity contribution in [2.75, 3.05) is 0 Å². The second-order valence-corrected chi connectivity index (χ2v) is 5.96. The zero-order valence-corrected chi connectivity index (χ0v) is 10.4. The Hall–Kier alpha value is -0.640. The van der Waals surface area contributed by atoms with Crippen LogP contribution in [0, 0.1) is 0 Å². The third-order valence-corrected chi connectivity index (χ3v) is 4.75. The average molecular weight is 253 g/mol. The van der Waals surface area contributed by atoms with Gasteiger partial charge in [-0.05, 0) is 31.0 Å². The summed E-state index contributed by atoms with van der Waals surface area (Å²) in [6.07, 6.45) is 4.54. The van der Waals surface area contributed by atoms with E-state index in [1.165, 1.54) is 12.8 Å². The zero-order valence-electron chi connectivity index (χ0n) is 8.87. The molecule has 1 aliphatic carbocycles. The van der Waals surface area contributed by atoms with Gasteiger partial charge in [-0.25, -0.2) is 4.98 Å². The maximum absolute atomic E-state index is 6.40. The molecule has 1 aromatic heterocycles. The summed E-state index contributed by atoms with van der Waals surface area (Å²) in [6, 6.07) is 5.82. The minimum Gasteiger partial charge on any atom is -0.319 e. The molecule has 0 atom stereocenters. The molecule has 2 aromatic rings. The molecule has 0 spiro atoms. The van der Waals surface area contributed by atoms with E-state index in [9.17, 15) is 0 Å². The first-order valence-corrected chi connectivity index (χ1v) is 6.72. The lowest BCUT2D eigenvalue weighted by Gasteiger charge is -2.19. The Morgan fingerprint density at radius 1 is 1.31 bits per heavy atom. The molecule has 2 N–H and O–H groups in total. The maximum Gasteiger partial charge on any atom is 0.114 e. The fourth-order valence-corrected chi connectivity index (χ4v) is 3.73. The molecule has 2 nitrogen and oxygen atoms in total. The van der Waals surface area contributed by atoms with Gasteiger partial charge in [0.2, 0.25) is 0 Å². The van der Waals surface area contributed by atoms with Crippen molar-refractivity contribution in [2.24, 2.45) is 5.73 Å². The van der Waals surface area contributed by atoms with Gasteiger partial charge in [-0.2, -0.15) is 0 Å². The molecule has 1 fully saturated rings. The fraction of sp³-hybridized carbons (Fsp3) is 0.417. The number of thiazole rings is 1. The van der Waals surface area contributed by atoms with E-state index in [0.717, 1.165) is 33.1 Å². The van der Waals surface area contributed by atoms with Crippen molar-refractivity contribution in [3.63, 3.8) is 0 Å². The van der Waals surface area contributed by atoms with Crippen LogP contribution in [-0.4, -0.2) is 4.98 Å². The van der Waals surface area contributed by atoms with Crippen LogP contribution >= 0.6 is 22.9 Å². The average Bonchev–Trinajstić information content (AvgIpc) is 2.84. The lowest BCUT2D eigenvalue weighted by Crippen LogP contribution is -2.32. The van der Waals surface area contributed by atoms with Gasteiger partial charge in [-0.1, -0.05) is 24.4 Å². The van der Waals surface area contributed by atoms with Crippen molar-refractivity contribution in [1.29, 1.82) is 0 Å². The molecule has 1 aromatic carbocycles. The van der Waals surface area contributed by atoms with Gasteiger partial charge in [-0.3, -0.25) is 0 Å². The molecule has 0 radical (unpaired) electrons. The number of halogens is 1. The minimum atomic E-state index is -0.184. The standard InChI is InChI=1S/C12H13ClN2S/c13-8-3-4-9-10(7-8)16-11(15-9)12(14)5-1-2-6-12/h3-4,7H,1-2,5-6,14H2. The Balaban J connectivity index is 2.11. The quantitative estimate of drug-likeness (QED) is 0.841. The van der Waals surface area contributed by atoms with Crippen LogP contribution in [0.1, 0.15) is 30.7 Å². The molecule has 0 bridgehead atoms. The van der Waals surface area contributed by atoms with Crippen LogP contribution in [0.2, 0.25) is 5.02 Å². The summed E-state index contributed by atoms with van der Waals surface area (Å²) in [6.45, 7) is 0. The van der Waals surface area contributed by atoms with Gasteiger partial charge < -0.3 is 5.73 Å². The van der Waals surface area contributed by atoms with Gasteiger partial charge in [-0.15, -0.1) is 11.3 Å². The Kier molecular flexibility index (Phi) is 2.42. The second-order valence-electron chi connectivity index (χ2n) is 4.49. The Labute approximate surface area is 103 Å². The highest BCUT2D eigenvalue weighted by Gasteiger charge is 2.34. The van der Waals surface area contributed by atoms with Gasteiger partial charge in [0.25, 0.3) is 0 Å². The topological polar surface area (TPSA) is 38.9 Å². The van der Waals surface area contributed by atoms with Crippen LogP contribution in [0.5, 0.6) is 0 Å². The largest absolute Gasteiger partial charge is 0.319 e. The normalized spacial score (nSPS) is 19.4. The van der Waals surface area contributed by atoms with Crippen molar-refractivity contribution >= 4 is 33.2 Å². The number of aromatic nitrogens is 1. The molecule has 4 heteroatoms. The highest BCUT2D eigenvalue weighted by atomic mass is 35.5. The highest BCUT2D eigenvalue weighted by molar-refractivity contribution is 7.18. The third kappa shape index (κ3) is 1.63. The van der Waals surface area contributed by atoms with Crippen LogP contribution in [0.25, 0.3) is 10.2 Å². The first kappa shape index (κ1) is 10.5. The van der Waals surface area contributed by atoms with Crippen LogP contribution in [0.3, 0.4) is 0 Å². The van der Waals surface area contributed by atoms with E-state index in [-0.39, 0.29) is 5.54 Å². The molecule has 0 aliphatic heterocycles. The molecule has 84 valence electrons. The second kappa shape index (κ2) is 3.69. The molecule has 16 heavy (non-hydrogen) atoms. The molecular weight excluding hydrogens is 240 g/mol. The van der Waals surface area contributed by atoms with Gasteiger partial charge >= 0.3 is 0 Å². The van der Waals surface area contributed by atoms with Crippen molar-refractivity contribution < 1.29 is 0 Å². The first-order chi connectivity index (χ1) is 7.67. The van der Waals surface area contributed by atoms with Crippen LogP contribution in [0.4, 0.5) is 0 Å². The van der Waals surface area contributed by atoms with Crippen molar-refractivity contribution in [3.05, 3.63) is 28.2 Å². The molecule has 0 unspecified atom stereocenters. The van der Waals surface area contributed by atoms with E-state index in [2.05, 4.69) is 4.98 Å². The van der Waals surface area contributed by atoms with Gasteiger partial charge in [0, 0.05) is 5.02 Å². The summed E-state index contributed by atoms with van der Waals surface area (Å²) in [4.78, 5) is 4.64. The number of nitrogens with zero attached hydrogens (tertiary/aromatic N) is 1. The first-order valence-electron chi connectivity index (χ1n) is 5.53. The number of fused-ring (bicyclic) bond motifs is 1. The SMILES string of the molecule is NC1(c2nc3ccc(Cl)cc3s2)CCCC1. The minimum absolute atomic E-state index is 0.184. The summed E-state index contributed by atoms with van der Waals surface area (Å²) in [5.41, 5.74) is 7.23. The summed E-state index contributed by atoms with van der Waals surface area (Å²) in [7, 11) is 0. The molecule has 1 aliphatic rings. The van der Waals surface area contributed by atoms with E-state index in [4.69, 9.17) is 17.3 Å². The molecule has 0 saturated heterocycles. The fourth-order valence-electron chi connectivity index (χ4n) is 2.33. The number of nitrogens with two attached hydrogens (primary N) is 1. The number of hydrogen-bond donors (Lipinski definition) is 1. The lowest BCUT2D eigenvalue weighted by atomic mass is 10.0. The third-order valence-electron chi connectivity index (χ3n) is 3.27. The van der Waals surface area contributed by atoms with Crippen molar-refractivity contribution in [2.45, 2.75) is 31.2 Å². The van der Waals surface area contributed by atoms with Crippen LogP contribution < -0.4 is 5.73 Å². The molecule has 0 amide bonds. The molecule has 1 heterocycles. The van der Waals surface area contributed by atoms with Crippen LogP contribution in [-0.2, 0) is 5.54 Å². The van der Waals surface area contributed by atoms with E-state index in [1.54, 1.807) is 11.3 Å². The molecule has 1 saturated carbocycles. The Morgan fingerprint density at radius 3 is 2.81 bits per heavy atom. The predicted molar refractivity (Wildman–Crippen MR) is 69.0 cm³/mol. The lowest BCUT2D eigenvalue weighted by molar-refractivity contribution is 0.460. The van der Waals surface area contributed by atoms with E-state index in [0.29, 0.717) is 0 Å². The highest BCUT2D eigenvalue weighted by Crippen LogP contribution is 2.40. The number of benzene rings is 1. The van der Waals surface area contributed by atoms with E-state index < -0.39 is 0 Å². The van der Waals surface area contributed by atoms with Crippen molar-refractivity contribution in [3.8, 4) is 0 Å². The monoisotopic (exact) mass is 252 g/mol. The zero-order chi connectivity index (χ0) is 11.2. The number of hydrogen-bond acceptors (Lipinski definition) is 3. The summed E-state index contributed by atoms with van der Waals surface area (Å²) in [5, 5.41) is 1.84. The van der Waals surface area contributed by atoms with Crippen molar-refractivity contribution in [1.82, 2.24) is 4.98 Å². The Bertz CT molecular complexity index is 529. The summed E-state index contributed by atoms with van der Waals surface area (Å²) in [5.74, 6) is 0. The maximum atomic E-state index is 6.40. The van der Waals surface area contributed by atoms with Gasteiger partial charge in [0.15, 0.2) is 0 Å². The van der Waals surface area contributed by atoms with Crippen LogP contribution in [0.15, 0.2) is 18.2 Å². The summed E-state index contributed by atoms with van der Waals surface area (Å²) >= 11 is 7.66. The van der Waals surface area contributed by atoms with E-state index in [1.807, 2.05) is 18.2 Å². The number of rotatable bonds is 1. The molecular formula is C12H13ClN2S. The summed E-state index contributed by atoms with van der Waals surface area (Å²) < 4.78 is 1.14. The predicted octanol–water partition coefficient (Wildman–Crippen LogP) is 3.68. The van der Waals surface area contributed by atoms with Gasteiger partial charge in [0.05, 0.1) is 15.8 Å².